The molecule has 1 aromatic heterocycles. The lowest BCUT2D eigenvalue weighted by atomic mass is 10.3. The second-order valence-corrected chi connectivity index (χ2v) is 4.35. The molecule has 1 heterocycles. The molecule has 2 aromatic rings. The Kier molecular flexibility index (Phi) is 3.74. The molecule has 0 aliphatic rings. The molecule has 1 amide bonds. The Balaban J connectivity index is 2.00. The van der Waals surface area contributed by atoms with Gasteiger partial charge in [-0.1, -0.05) is 23.2 Å². The van der Waals surface area contributed by atoms with E-state index < -0.39 is 0 Å². The maximum absolute atomic E-state index is 11.8. The van der Waals surface area contributed by atoms with Crippen LogP contribution in [0.4, 0.5) is 5.69 Å². The maximum atomic E-state index is 11.8. The minimum absolute atomic E-state index is 0.283. The number of anilines is 1. The van der Waals surface area contributed by atoms with Gasteiger partial charge < -0.3 is 0 Å². The number of benzene rings is 1. The summed E-state index contributed by atoms with van der Waals surface area (Å²) in [5.41, 5.74) is 6.29. The highest BCUT2D eigenvalue weighted by atomic mass is 35.5. The zero-order chi connectivity index (χ0) is 13.1. The van der Waals surface area contributed by atoms with Crippen molar-refractivity contribution >= 4 is 34.8 Å². The summed E-state index contributed by atoms with van der Waals surface area (Å²) in [5.74, 6) is -0.358. The number of carbonyl (C=O) groups excluding carboxylic acids is 1. The lowest BCUT2D eigenvalue weighted by Crippen LogP contribution is -2.29. The fourth-order valence-electron chi connectivity index (χ4n) is 1.30. The Bertz CT molecular complexity index is 565. The van der Waals surface area contributed by atoms with E-state index in [9.17, 15) is 4.79 Å². The van der Waals surface area contributed by atoms with Gasteiger partial charge in [0.25, 0.3) is 5.91 Å². The third kappa shape index (κ3) is 2.75. The first-order chi connectivity index (χ1) is 8.58. The van der Waals surface area contributed by atoms with E-state index in [0.29, 0.717) is 16.3 Å². The largest absolute Gasteiger partial charge is 0.298 e. The van der Waals surface area contributed by atoms with Gasteiger partial charge in [0.2, 0.25) is 0 Å². The Labute approximate surface area is 114 Å². The number of hydrogen-bond donors (Lipinski definition) is 2. The van der Waals surface area contributed by atoms with Crippen LogP contribution in [0.25, 0.3) is 0 Å². The highest BCUT2D eigenvalue weighted by molar-refractivity contribution is 6.32. The zero-order valence-corrected chi connectivity index (χ0v) is 11.0. The van der Waals surface area contributed by atoms with E-state index in [1.165, 1.54) is 10.9 Å². The second-order valence-electron chi connectivity index (χ2n) is 3.56. The summed E-state index contributed by atoms with van der Waals surface area (Å²) in [6.07, 6.45) is 1.40. The number of aryl methyl sites for hydroxylation is 1. The fourth-order valence-corrected chi connectivity index (χ4v) is 1.61. The van der Waals surface area contributed by atoms with Crippen LogP contribution in [0.3, 0.4) is 0 Å². The maximum Gasteiger partial charge on any atom is 0.274 e. The van der Waals surface area contributed by atoms with Gasteiger partial charge in [-0.3, -0.25) is 20.3 Å². The first-order valence-corrected chi connectivity index (χ1v) is 5.83. The summed E-state index contributed by atoms with van der Waals surface area (Å²) in [6, 6.07) is 6.92. The summed E-state index contributed by atoms with van der Waals surface area (Å²) >= 11 is 11.7. The molecule has 1 aromatic carbocycles. The van der Waals surface area contributed by atoms with Gasteiger partial charge in [0.05, 0.1) is 17.4 Å². The molecule has 0 atom stereocenters. The Morgan fingerprint density at radius 3 is 2.50 bits per heavy atom. The van der Waals surface area contributed by atoms with Crippen LogP contribution in [0.2, 0.25) is 10.2 Å². The molecule has 0 radical (unpaired) electrons. The van der Waals surface area contributed by atoms with Gasteiger partial charge in [-0.2, -0.15) is 5.10 Å². The molecule has 94 valence electrons. The van der Waals surface area contributed by atoms with Crippen LogP contribution in [0.15, 0.2) is 30.5 Å². The number of aromatic nitrogens is 2. The second kappa shape index (κ2) is 5.29. The van der Waals surface area contributed by atoms with E-state index in [1.807, 2.05) is 0 Å². The van der Waals surface area contributed by atoms with Crippen LogP contribution in [0.1, 0.15) is 10.4 Å². The van der Waals surface area contributed by atoms with Crippen molar-refractivity contribution in [1.29, 1.82) is 0 Å². The van der Waals surface area contributed by atoms with E-state index in [4.69, 9.17) is 23.2 Å². The average Bonchev–Trinajstić information content (AvgIpc) is 2.69. The van der Waals surface area contributed by atoms with Crippen LogP contribution < -0.4 is 10.9 Å². The third-order valence-corrected chi connectivity index (χ3v) is 2.98. The van der Waals surface area contributed by atoms with Crippen LogP contribution in [0.5, 0.6) is 0 Å². The summed E-state index contributed by atoms with van der Waals surface area (Å²) < 4.78 is 1.42. The van der Waals surface area contributed by atoms with Gasteiger partial charge in [0.1, 0.15) is 5.15 Å². The molecule has 0 fully saturated rings. The first kappa shape index (κ1) is 12.7. The van der Waals surface area contributed by atoms with Crippen molar-refractivity contribution in [2.24, 2.45) is 7.05 Å². The average molecular weight is 285 g/mol. The van der Waals surface area contributed by atoms with Crippen molar-refractivity contribution in [2.45, 2.75) is 0 Å². The molecule has 18 heavy (non-hydrogen) atoms. The zero-order valence-electron chi connectivity index (χ0n) is 9.45. The molecule has 0 aliphatic carbocycles. The SMILES string of the molecule is Cn1ncc(C(=O)NNc2ccc(Cl)cc2)c1Cl. The van der Waals surface area contributed by atoms with Crippen molar-refractivity contribution in [3.05, 3.63) is 46.2 Å². The van der Waals surface area contributed by atoms with Crippen molar-refractivity contribution in [3.63, 3.8) is 0 Å². The summed E-state index contributed by atoms with van der Waals surface area (Å²) in [4.78, 5) is 11.8. The van der Waals surface area contributed by atoms with Gasteiger partial charge >= 0.3 is 0 Å². The predicted octanol–water partition coefficient (Wildman–Crippen LogP) is 2.48. The van der Waals surface area contributed by atoms with Crippen LogP contribution in [-0.4, -0.2) is 15.7 Å². The lowest BCUT2D eigenvalue weighted by Gasteiger charge is -2.07. The monoisotopic (exact) mass is 284 g/mol. The molecule has 0 spiro atoms. The fraction of sp³-hybridized carbons (Fsp3) is 0.0909. The first-order valence-electron chi connectivity index (χ1n) is 5.07. The molecule has 0 aliphatic heterocycles. The topological polar surface area (TPSA) is 59.0 Å². The third-order valence-electron chi connectivity index (χ3n) is 2.28. The van der Waals surface area contributed by atoms with Gasteiger partial charge in [-0.15, -0.1) is 0 Å². The molecule has 5 nitrogen and oxygen atoms in total. The molecule has 0 bridgehead atoms. The van der Waals surface area contributed by atoms with Crippen molar-refractivity contribution < 1.29 is 4.79 Å². The van der Waals surface area contributed by atoms with Crippen molar-refractivity contribution in [1.82, 2.24) is 15.2 Å². The number of nitrogens with one attached hydrogen (secondary N) is 2. The minimum atomic E-state index is -0.358. The summed E-state index contributed by atoms with van der Waals surface area (Å²) in [6.45, 7) is 0. The standard InChI is InChI=1S/C11H10Cl2N4O/c1-17-10(13)9(6-14-17)11(18)16-15-8-4-2-7(12)3-5-8/h2-6,15H,1H3,(H,16,18). The lowest BCUT2D eigenvalue weighted by molar-refractivity contribution is 0.0963. The van der Waals surface area contributed by atoms with E-state index in [-0.39, 0.29) is 11.1 Å². The number of hydrazine groups is 1. The van der Waals surface area contributed by atoms with E-state index in [1.54, 1.807) is 31.3 Å². The number of carbonyl (C=O) groups is 1. The number of halogens is 2. The minimum Gasteiger partial charge on any atom is -0.298 e. The Morgan fingerprint density at radius 1 is 1.28 bits per heavy atom. The smallest absolute Gasteiger partial charge is 0.274 e. The number of nitrogens with zero attached hydrogens (tertiary/aromatic N) is 2. The van der Waals surface area contributed by atoms with E-state index >= 15 is 0 Å². The normalized spacial score (nSPS) is 10.2. The molecule has 0 unspecified atom stereocenters. The van der Waals surface area contributed by atoms with Crippen LogP contribution >= 0.6 is 23.2 Å². The van der Waals surface area contributed by atoms with Crippen molar-refractivity contribution in [3.8, 4) is 0 Å². The molecular formula is C11H10Cl2N4O. The van der Waals surface area contributed by atoms with E-state index in [2.05, 4.69) is 16.0 Å². The van der Waals surface area contributed by atoms with Gasteiger partial charge in [-0.05, 0) is 24.3 Å². The van der Waals surface area contributed by atoms with Crippen LogP contribution in [-0.2, 0) is 7.05 Å². The highest BCUT2D eigenvalue weighted by Gasteiger charge is 2.13. The quantitative estimate of drug-likeness (QED) is 0.852. The Hall–Kier alpha value is -1.72. The van der Waals surface area contributed by atoms with Crippen LogP contribution in [0, 0.1) is 0 Å². The predicted molar refractivity (Wildman–Crippen MR) is 70.8 cm³/mol. The highest BCUT2D eigenvalue weighted by Crippen LogP contribution is 2.15. The number of rotatable bonds is 3. The van der Waals surface area contributed by atoms with E-state index in [0.717, 1.165) is 0 Å². The molecule has 2 rings (SSSR count). The summed E-state index contributed by atoms with van der Waals surface area (Å²) in [7, 11) is 1.66. The molecule has 2 N–H and O–H groups in total. The van der Waals surface area contributed by atoms with Gasteiger partial charge in [-0.25, -0.2) is 0 Å². The molecular weight excluding hydrogens is 275 g/mol. The summed E-state index contributed by atoms with van der Waals surface area (Å²) in [5, 5.41) is 4.79. The van der Waals surface area contributed by atoms with Crippen molar-refractivity contribution in [2.75, 3.05) is 5.43 Å². The van der Waals surface area contributed by atoms with Gasteiger partial charge in [0, 0.05) is 12.1 Å². The molecule has 7 heteroatoms. The van der Waals surface area contributed by atoms with Gasteiger partial charge in [0.15, 0.2) is 0 Å². The molecule has 0 saturated carbocycles. The number of hydrogen-bond acceptors (Lipinski definition) is 3. The molecule has 0 saturated heterocycles. The Morgan fingerprint density at radius 2 is 1.94 bits per heavy atom. The number of amides is 1.